The van der Waals surface area contributed by atoms with Crippen molar-refractivity contribution in [3.05, 3.63) is 53.7 Å². The number of pyridine rings is 1. The number of para-hydroxylation sites is 1. The lowest BCUT2D eigenvalue weighted by Gasteiger charge is -2.11. The number of aromatic nitrogens is 1. The Labute approximate surface area is 124 Å². The van der Waals surface area contributed by atoms with Gasteiger partial charge in [0.05, 0.1) is 12.7 Å². The van der Waals surface area contributed by atoms with Crippen molar-refractivity contribution in [2.45, 2.75) is 6.54 Å². The molecule has 0 aliphatic rings. The molecule has 1 N–H and O–H groups in total. The molecule has 0 saturated heterocycles. The molecule has 1 aromatic carbocycles. The predicted octanol–water partition coefficient (Wildman–Crippen LogP) is 2.40. The topological polar surface area (TPSA) is 54.5 Å². The molecule has 2 aromatic rings. The molecule has 0 bridgehead atoms. The van der Waals surface area contributed by atoms with Crippen LogP contribution in [0, 0.1) is 0 Å². The maximum atomic E-state index is 11.8. The SMILES string of the molecule is COc1ccccc1CNc1ccc(C(=O)N(C)C)cn1. The van der Waals surface area contributed by atoms with Crippen LogP contribution >= 0.6 is 0 Å². The van der Waals surface area contributed by atoms with Crippen LogP contribution in [0.2, 0.25) is 0 Å². The van der Waals surface area contributed by atoms with Crippen LogP contribution in [-0.2, 0) is 6.54 Å². The molecule has 0 aliphatic carbocycles. The van der Waals surface area contributed by atoms with Crippen LogP contribution in [0.4, 0.5) is 5.82 Å². The first-order chi connectivity index (χ1) is 10.1. The molecule has 1 heterocycles. The molecule has 0 aliphatic heterocycles. The minimum atomic E-state index is -0.0567. The normalized spacial score (nSPS) is 10.0. The minimum absolute atomic E-state index is 0.0567. The van der Waals surface area contributed by atoms with Crippen LogP contribution in [0.1, 0.15) is 15.9 Å². The number of ether oxygens (including phenoxy) is 1. The summed E-state index contributed by atoms with van der Waals surface area (Å²) >= 11 is 0. The van der Waals surface area contributed by atoms with E-state index < -0.39 is 0 Å². The molecule has 0 saturated carbocycles. The fourth-order valence-electron chi connectivity index (χ4n) is 1.92. The summed E-state index contributed by atoms with van der Waals surface area (Å²) in [6.07, 6.45) is 1.58. The van der Waals surface area contributed by atoms with Gasteiger partial charge < -0.3 is 15.0 Å². The number of amides is 1. The summed E-state index contributed by atoms with van der Waals surface area (Å²) in [5.41, 5.74) is 1.62. The van der Waals surface area contributed by atoms with E-state index in [1.54, 1.807) is 39.5 Å². The van der Waals surface area contributed by atoms with Crippen LogP contribution in [-0.4, -0.2) is 37.0 Å². The lowest BCUT2D eigenvalue weighted by Crippen LogP contribution is -2.21. The monoisotopic (exact) mass is 285 g/mol. The number of carbonyl (C=O) groups is 1. The zero-order chi connectivity index (χ0) is 15.2. The highest BCUT2D eigenvalue weighted by atomic mass is 16.5. The number of rotatable bonds is 5. The molecular formula is C16H19N3O2. The van der Waals surface area contributed by atoms with Crippen molar-refractivity contribution >= 4 is 11.7 Å². The molecule has 110 valence electrons. The van der Waals surface area contributed by atoms with E-state index in [-0.39, 0.29) is 5.91 Å². The zero-order valence-corrected chi connectivity index (χ0v) is 12.5. The molecule has 5 heteroatoms. The number of nitrogens with one attached hydrogen (secondary N) is 1. The number of benzene rings is 1. The molecule has 2 rings (SSSR count). The molecule has 0 fully saturated rings. The van der Waals surface area contributed by atoms with E-state index in [1.165, 1.54) is 4.90 Å². The third-order valence-electron chi connectivity index (χ3n) is 3.07. The molecule has 0 spiro atoms. The van der Waals surface area contributed by atoms with E-state index in [0.717, 1.165) is 17.1 Å². The largest absolute Gasteiger partial charge is 0.496 e. The summed E-state index contributed by atoms with van der Waals surface area (Å²) in [4.78, 5) is 17.5. The van der Waals surface area contributed by atoms with Crippen molar-refractivity contribution in [2.24, 2.45) is 0 Å². The number of hydrogen-bond donors (Lipinski definition) is 1. The molecule has 21 heavy (non-hydrogen) atoms. The summed E-state index contributed by atoms with van der Waals surface area (Å²) in [6.45, 7) is 0.609. The highest BCUT2D eigenvalue weighted by Gasteiger charge is 2.08. The van der Waals surface area contributed by atoms with Crippen molar-refractivity contribution in [2.75, 3.05) is 26.5 Å². The predicted molar refractivity (Wildman–Crippen MR) is 82.6 cm³/mol. The molecule has 0 radical (unpaired) electrons. The van der Waals surface area contributed by atoms with Crippen molar-refractivity contribution in [3.63, 3.8) is 0 Å². The van der Waals surface area contributed by atoms with Crippen molar-refractivity contribution in [3.8, 4) is 5.75 Å². The number of carbonyl (C=O) groups excluding carboxylic acids is 1. The van der Waals surface area contributed by atoms with Crippen LogP contribution in [0.15, 0.2) is 42.6 Å². The second-order valence-corrected chi connectivity index (χ2v) is 4.80. The van der Waals surface area contributed by atoms with Gasteiger partial charge in [0.25, 0.3) is 5.91 Å². The smallest absolute Gasteiger partial charge is 0.254 e. The first kappa shape index (κ1) is 14.8. The van der Waals surface area contributed by atoms with Crippen LogP contribution < -0.4 is 10.1 Å². The quantitative estimate of drug-likeness (QED) is 0.916. The number of hydrogen-bond acceptors (Lipinski definition) is 4. The van der Waals surface area contributed by atoms with E-state index in [9.17, 15) is 4.79 Å². The van der Waals surface area contributed by atoms with Crippen LogP contribution in [0.3, 0.4) is 0 Å². The molecule has 0 unspecified atom stereocenters. The van der Waals surface area contributed by atoms with E-state index in [1.807, 2.05) is 24.3 Å². The van der Waals surface area contributed by atoms with Crippen molar-refractivity contribution in [1.29, 1.82) is 0 Å². The highest BCUT2D eigenvalue weighted by molar-refractivity contribution is 5.93. The fourth-order valence-corrected chi connectivity index (χ4v) is 1.92. The van der Waals surface area contributed by atoms with Gasteiger partial charge in [0.15, 0.2) is 0 Å². The van der Waals surface area contributed by atoms with Gasteiger partial charge in [-0.1, -0.05) is 18.2 Å². The van der Waals surface area contributed by atoms with Crippen molar-refractivity contribution in [1.82, 2.24) is 9.88 Å². The van der Waals surface area contributed by atoms with E-state index >= 15 is 0 Å². The average Bonchev–Trinajstić information content (AvgIpc) is 2.52. The summed E-state index contributed by atoms with van der Waals surface area (Å²) in [7, 11) is 5.09. The van der Waals surface area contributed by atoms with E-state index in [0.29, 0.717) is 12.1 Å². The van der Waals surface area contributed by atoms with Gasteiger partial charge in [0.2, 0.25) is 0 Å². The second-order valence-electron chi connectivity index (χ2n) is 4.80. The van der Waals surface area contributed by atoms with Gasteiger partial charge in [-0.25, -0.2) is 4.98 Å². The first-order valence-electron chi connectivity index (χ1n) is 6.65. The van der Waals surface area contributed by atoms with E-state index in [2.05, 4.69) is 10.3 Å². The standard InChI is InChI=1S/C16H19N3O2/c1-19(2)16(20)13-8-9-15(18-11-13)17-10-12-6-4-5-7-14(12)21-3/h4-9,11H,10H2,1-3H3,(H,17,18). The minimum Gasteiger partial charge on any atom is -0.496 e. The molecular weight excluding hydrogens is 266 g/mol. The van der Waals surface area contributed by atoms with Gasteiger partial charge in [0, 0.05) is 32.4 Å². The number of nitrogens with zero attached hydrogens (tertiary/aromatic N) is 2. The Morgan fingerprint density at radius 3 is 2.62 bits per heavy atom. The number of methoxy groups -OCH3 is 1. The van der Waals surface area contributed by atoms with Crippen molar-refractivity contribution < 1.29 is 9.53 Å². The molecule has 1 aromatic heterocycles. The Bertz CT molecular complexity index is 609. The first-order valence-corrected chi connectivity index (χ1v) is 6.65. The zero-order valence-electron chi connectivity index (χ0n) is 12.5. The Balaban J connectivity index is 2.02. The summed E-state index contributed by atoms with van der Waals surface area (Å²) < 4.78 is 5.30. The maximum absolute atomic E-state index is 11.8. The van der Waals surface area contributed by atoms with E-state index in [4.69, 9.17) is 4.74 Å². The Kier molecular flexibility index (Phi) is 4.77. The highest BCUT2D eigenvalue weighted by Crippen LogP contribution is 2.18. The average molecular weight is 285 g/mol. The molecule has 0 atom stereocenters. The summed E-state index contributed by atoms with van der Waals surface area (Å²) in [5.74, 6) is 1.50. The van der Waals surface area contributed by atoms with Crippen LogP contribution in [0.25, 0.3) is 0 Å². The summed E-state index contributed by atoms with van der Waals surface area (Å²) in [6, 6.07) is 11.4. The lowest BCUT2D eigenvalue weighted by molar-refractivity contribution is 0.0827. The van der Waals surface area contributed by atoms with Gasteiger partial charge >= 0.3 is 0 Å². The fraction of sp³-hybridized carbons (Fsp3) is 0.250. The number of anilines is 1. The second kappa shape index (κ2) is 6.74. The van der Waals surface area contributed by atoms with Gasteiger partial charge in [-0.2, -0.15) is 0 Å². The molecule has 5 nitrogen and oxygen atoms in total. The summed E-state index contributed by atoms with van der Waals surface area (Å²) in [5, 5.41) is 3.22. The Hall–Kier alpha value is -2.56. The maximum Gasteiger partial charge on any atom is 0.254 e. The van der Waals surface area contributed by atoms with Gasteiger partial charge in [-0.3, -0.25) is 4.79 Å². The van der Waals surface area contributed by atoms with Gasteiger partial charge in [0.1, 0.15) is 11.6 Å². The van der Waals surface area contributed by atoms with Gasteiger partial charge in [-0.15, -0.1) is 0 Å². The third-order valence-corrected chi connectivity index (χ3v) is 3.07. The lowest BCUT2D eigenvalue weighted by atomic mass is 10.2. The third kappa shape index (κ3) is 3.72. The van der Waals surface area contributed by atoms with Gasteiger partial charge in [-0.05, 0) is 18.2 Å². The Morgan fingerprint density at radius 1 is 1.24 bits per heavy atom. The Morgan fingerprint density at radius 2 is 2.00 bits per heavy atom. The van der Waals surface area contributed by atoms with Crippen LogP contribution in [0.5, 0.6) is 5.75 Å². The molecule has 1 amide bonds.